The maximum Gasteiger partial charge on any atom is 0.0698 e. The predicted octanol–water partition coefficient (Wildman–Crippen LogP) is 2.00. The molecule has 1 saturated heterocycles. The minimum absolute atomic E-state index is 0.212. The van der Waals surface area contributed by atoms with Crippen molar-refractivity contribution in [1.29, 1.82) is 0 Å². The van der Waals surface area contributed by atoms with Crippen LogP contribution in [-0.2, 0) is 4.74 Å². The fourth-order valence-electron chi connectivity index (χ4n) is 4.01. The third kappa shape index (κ3) is 2.13. The Morgan fingerprint density at radius 3 is 2.59 bits per heavy atom. The summed E-state index contributed by atoms with van der Waals surface area (Å²) in [7, 11) is 1.84. The summed E-state index contributed by atoms with van der Waals surface area (Å²) in [5.41, 5.74) is 6.74. The average Bonchev–Trinajstić information content (AvgIpc) is 2.65. The molecule has 2 N–H and O–H groups in total. The van der Waals surface area contributed by atoms with Gasteiger partial charge in [0, 0.05) is 25.7 Å². The van der Waals surface area contributed by atoms with Gasteiger partial charge in [-0.05, 0) is 37.6 Å². The van der Waals surface area contributed by atoms with E-state index in [-0.39, 0.29) is 5.54 Å². The first-order chi connectivity index (χ1) is 8.05. The molecule has 1 saturated carbocycles. The first kappa shape index (κ1) is 13.3. The molecule has 3 nitrogen and oxygen atoms in total. The van der Waals surface area contributed by atoms with Crippen LogP contribution in [-0.4, -0.2) is 43.3 Å². The van der Waals surface area contributed by atoms with Gasteiger partial charge in [-0.25, -0.2) is 0 Å². The maximum absolute atomic E-state index is 6.18. The van der Waals surface area contributed by atoms with Crippen molar-refractivity contribution in [3.63, 3.8) is 0 Å². The van der Waals surface area contributed by atoms with Gasteiger partial charge in [0.1, 0.15) is 0 Å². The van der Waals surface area contributed by atoms with Gasteiger partial charge < -0.3 is 10.5 Å². The quantitative estimate of drug-likeness (QED) is 0.820. The summed E-state index contributed by atoms with van der Waals surface area (Å²) < 4.78 is 5.56. The number of piperidine rings is 1. The van der Waals surface area contributed by atoms with E-state index in [1.165, 1.54) is 38.6 Å². The summed E-state index contributed by atoms with van der Waals surface area (Å²) in [6, 6.07) is 0. The van der Waals surface area contributed by atoms with Crippen molar-refractivity contribution in [1.82, 2.24) is 4.90 Å². The topological polar surface area (TPSA) is 38.5 Å². The highest BCUT2D eigenvalue weighted by Gasteiger charge is 2.52. The number of nitrogens with zero attached hydrogens (tertiary/aromatic N) is 1. The van der Waals surface area contributed by atoms with Crippen LogP contribution in [0.15, 0.2) is 0 Å². The minimum atomic E-state index is 0.212. The Morgan fingerprint density at radius 2 is 2.06 bits per heavy atom. The number of hydrogen-bond donors (Lipinski definition) is 1. The van der Waals surface area contributed by atoms with Crippen LogP contribution < -0.4 is 5.73 Å². The molecule has 2 atom stereocenters. The van der Waals surface area contributed by atoms with Gasteiger partial charge in [0.15, 0.2) is 0 Å². The lowest BCUT2D eigenvalue weighted by molar-refractivity contribution is -0.0519. The second-order valence-corrected chi connectivity index (χ2v) is 6.42. The molecule has 0 radical (unpaired) electrons. The molecule has 3 heteroatoms. The lowest BCUT2D eigenvalue weighted by atomic mass is 9.73. The van der Waals surface area contributed by atoms with Crippen molar-refractivity contribution in [2.45, 2.75) is 57.6 Å². The van der Waals surface area contributed by atoms with Crippen molar-refractivity contribution in [2.24, 2.45) is 11.1 Å². The van der Waals surface area contributed by atoms with Crippen LogP contribution in [0.4, 0.5) is 0 Å². The van der Waals surface area contributed by atoms with Gasteiger partial charge in [-0.15, -0.1) is 0 Å². The molecule has 0 amide bonds. The third-order valence-corrected chi connectivity index (χ3v) is 5.31. The zero-order chi connectivity index (χ0) is 12.5. The van der Waals surface area contributed by atoms with E-state index in [0.29, 0.717) is 11.5 Å². The number of rotatable bonds is 3. The number of hydrogen-bond acceptors (Lipinski definition) is 3. The molecule has 1 heterocycles. The number of nitrogens with two attached hydrogens (primary N) is 1. The summed E-state index contributed by atoms with van der Waals surface area (Å²) in [4.78, 5) is 2.64. The third-order valence-electron chi connectivity index (χ3n) is 5.31. The molecular formula is C14H28N2O. The van der Waals surface area contributed by atoms with Gasteiger partial charge in [-0.3, -0.25) is 4.90 Å². The second-order valence-electron chi connectivity index (χ2n) is 6.42. The van der Waals surface area contributed by atoms with E-state index in [1.54, 1.807) is 0 Å². The largest absolute Gasteiger partial charge is 0.380 e. The molecule has 2 rings (SSSR count). The molecule has 0 aromatic carbocycles. The zero-order valence-corrected chi connectivity index (χ0v) is 11.7. The Bertz CT molecular complexity index is 267. The molecule has 2 aliphatic rings. The molecule has 0 aromatic rings. The van der Waals surface area contributed by atoms with E-state index in [9.17, 15) is 0 Å². The van der Waals surface area contributed by atoms with E-state index < -0.39 is 0 Å². The number of likely N-dealkylation sites (tertiary alicyclic amines) is 1. The van der Waals surface area contributed by atoms with Gasteiger partial charge in [-0.2, -0.15) is 0 Å². The van der Waals surface area contributed by atoms with Gasteiger partial charge >= 0.3 is 0 Å². The van der Waals surface area contributed by atoms with Crippen LogP contribution in [0.1, 0.15) is 46.0 Å². The summed E-state index contributed by atoms with van der Waals surface area (Å²) in [6.07, 6.45) is 6.73. The highest BCUT2D eigenvalue weighted by molar-refractivity contribution is 5.08. The first-order valence-corrected chi connectivity index (χ1v) is 7.04. The predicted molar refractivity (Wildman–Crippen MR) is 71.0 cm³/mol. The molecule has 1 aliphatic heterocycles. The van der Waals surface area contributed by atoms with E-state index in [1.807, 2.05) is 7.11 Å². The van der Waals surface area contributed by atoms with Crippen LogP contribution in [0, 0.1) is 5.41 Å². The maximum atomic E-state index is 6.18. The summed E-state index contributed by atoms with van der Waals surface area (Å²) in [5, 5.41) is 0. The fourth-order valence-corrected chi connectivity index (χ4v) is 4.01. The normalized spacial score (nSPS) is 38.5. The zero-order valence-electron chi connectivity index (χ0n) is 11.7. The molecule has 1 aliphatic carbocycles. The number of methoxy groups -OCH3 is 1. The van der Waals surface area contributed by atoms with Crippen LogP contribution >= 0.6 is 0 Å². The van der Waals surface area contributed by atoms with Crippen molar-refractivity contribution in [2.75, 3.05) is 26.7 Å². The summed E-state index contributed by atoms with van der Waals surface area (Å²) >= 11 is 0. The van der Waals surface area contributed by atoms with Crippen LogP contribution in [0.2, 0.25) is 0 Å². The molecule has 0 aromatic heterocycles. The Kier molecular flexibility index (Phi) is 3.81. The highest BCUT2D eigenvalue weighted by Crippen LogP contribution is 2.49. The van der Waals surface area contributed by atoms with Gasteiger partial charge in [0.05, 0.1) is 6.10 Å². The lowest BCUT2D eigenvalue weighted by Gasteiger charge is -2.52. The second kappa shape index (κ2) is 4.87. The van der Waals surface area contributed by atoms with Gasteiger partial charge in [0.25, 0.3) is 0 Å². The minimum Gasteiger partial charge on any atom is -0.380 e. The SMILES string of the molecule is COC1CCCN(C2(CN)CCCC2(C)C)C1. The van der Waals surface area contributed by atoms with E-state index in [0.717, 1.165) is 13.1 Å². The van der Waals surface area contributed by atoms with Crippen molar-refractivity contribution >= 4 is 0 Å². The Labute approximate surface area is 106 Å². The van der Waals surface area contributed by atoms with Crippen molar-refractivity contribution in [3.8, 4) is 0 Å². The molecule has 2 unspecified atom stereocenters. The van der Waals surface area contributed by atoms with Crippen LogP contribution in [0.5, 0.6) is 0 Å². The molecule has 0 bridgehead atoms. The molecular weight excluding hydrogens is 212 g/mol. The van der Waals surface area contributed by atoms with Crippen molar-refractivity contribution < 1.29 is 4.74 Å². The summed E-state index contributed by atoms with van der Waals surface area (Å²) in [6.45, 7) is 7.83. The summed E-state index contributed by atoms with van der Waals surface area (Å²) in [5.74, 6) is 0. The van der Waals surface area contributed by atoms with E-state index >= 15 is 0 Å². The number of ether oxygens (including phenoxy) is 1. The highest BCUT2D eigenvalue weighted by atomic mass is 16.5. The first-order valence-electron chi connectivity index (χ1n) is 7.04. The molecule has 17 heavy (non-hydrogen) atoms. The monoisotopic (exact) mass is 240 g/mol. The fraction of sp³-hybridized carbons (Fsp3) is 1.00. The van der Waals surface area contributed by atoms with Crippen LogP contribution in [0.3, 0.4) is 0 Å². The van der Waals surface area contributed by atoms with Crippen molar-refractivity contribution in [3.05, 3.63) is 0 Å². The van der Waals surface area contributed by atoms with Crippen LogP contribution in [0.25, 0.3) is 0 Å². The standard InChI is InChI=1S/C14H28N2O/c1-13(2)7-5-8-14(13,11-15)16-9-4-6-12(10-16)17-3/h12H,4-11,15H2,1-3H3. The lowest BCUT2D eigenvalue weighted by Crippen LogP contribution is -2.62. The Hall–Kier alpha value is -0.120. The molecule has 2 fully saturated rings. The Morgan fingerprint density at radius 1 is 1.29 bits per heavy atom. The molecule has 100 valence electrons. The van der Waals surface area contributed by atoms with E-state index in [2.05, 4.69) is 18.7 Å². The van der Waals surface area contributed by atoms with Gasteiger partial charge in [0.2, 0.25) is 0 Å². The Balaban J connectivity index is 2.17. The van der Waals surface area contributed by atoms with E-state index in [4.69, 9.17) is 10.5 Å². The average molecular weight is 240 g/mol. The van der Waals surface area contributed by atoms with Gasteiger partial charge in [-0.1, -0.05) is 20.3 Å². The smallest absolute Gasteiger partial charge is 0.0698 e. The molecule has 0 spiro atoms.